The summed E-state index contributed by atoms with van der Waals surface area (Å²) >= 11 is 0. The number of rotatable bonds is 4. The lowest BCUT2D eigenvalue weighted by Gasteiger charge is -2.28. The van der Waals surface area contributed by atoms with E-state index in [4.69, 9.17) is 0 Å². The van der Waals surface area contributed by atoms with Crippen molar-refractivity contribution in [3.63, 3.8) is 0 Å². The van der Waals surface area contributed by atoms with Crippen LogP contribution in [0.15, 0.2) is 29.2 Å². The monoisotopic (exact) mass is 282 g/mol. The average molecular weight is 282 g/mol. The minimum atomic E-state index is -3.39. The minimum Gasteiger partial charge on any atom is -0.314 e. The third kappa shape index (κ3) is 3.78. The van der Waals surface area contributed by atoms with Gasteiger partial charge in [0.05, 0.1) is 4.90 Å². The van der Waals surface area contributed by atoms with Crippen LogP contribution in [0.3, 0.4) is 0 Å². The molecule has 2 atom stereocenters. The van der Waals surface area contributed by atoms with Gasteiger partial charge in [-0.15, -0.1) is 0 Å². The first-order valence-corrected chi connectivity index (χ1v) is 8.34. The molecule has 1 fully saturated rings. The Morgan fingerprint density at radius 2 is 2.21 bits per heavy atom. The minimum absolute atomic E-state index is 0.0338. The van der Waals surface area contributed by atoms with E-state index >= 15 is 0 Å². The van der Waals surface area contributed by atoms with Crippen molar-refractivity contribution in [1.82, 2.24) is 10.0 Å². The largest absolute Gasteiger partial charge is 0.314 e. The van der Waals surface area contributed by atoms with Crippen molar-refractivity contribution in [3.05, 3.63) is 29.8 Å². The molecule has 1 aromatic carbocycles. The molecule has 0 spiro atoms. The van der Waals surface area contributed by atoms with Gasteiger partial charge in [-0.1, -0.05) is 19.1 Å². The lowest BCUT2D eigenvalue weighted by atomic mass is 10.0. The van der Waals surface area contributed by atoms with Gasteiger partial charge in [-0.05, 0) is 50.4 Å². The summed E-state index contributed by atoms with van der Waals surface area (Å²) in [6, 6.07) is 7.57. The summed E-state index contributed by atoms with van der Waals surface area (Å²) in [5.74, 6) is 0. The smallest absolute Gasteiger partial charge is 0.240 e. The van der Waals surface area contributed by atoms with E-state index in [9.17, 15) is 8.42 Å². The van der Waals surface area contributed by atoms with E-state index in [1.54, 1.807) is 18.2 Å². The molecule has 1 aliphatic rings. The van der Waals surface area contributed by atoms with E-state index in [-0.39, 0.29) is 6.04 Å². The molecule has 0 amide bonds. The van der Waals surface area contributed by atoms with Crippen LogP contribution < -0.4 is 10.0 Å². The Hall–Kier alpha value is -0.910. The van der Waals surface area contributed by atoms with Crippen molar-refractivity contribution in [2.75, 3.05) is 6.54 Å². The average Bonchev–Trinajstić information content (AvgIpc) is 2.38. The summed E-state index contributed by atoms with van der Waals surface area (Å²) in [6.45, 7) is 4.97. The highest BCUT2D eigenvalue weighted by atomic mass is 32.2. The molecule has 2 unspecified atom stereocenters. The normalized spacial score (nSPS) is 24.3. The Morgan fingerprint density at radius 1 is 1.42 bits per heavy atom. The highest BCUT2D eigenvalue weighted by molar-refractivity contribution is 7.89. The summed E-state index contributed by atoms with van der Waals surface area (Å²) in [7, 11) is -3.39. The van der Waals surface area contributed by atoms with Crippen molar-refractivity contribution in [2.45, 2.75) is 50.1 Å². The van der Waals surface area contributed by atoms with Gasteiger partial charge in [0.1, 0.15) is 0 Å². The van der Waals surface area contributed by atoms with E-state index in [1.807, 2.05) is 13.0 Å². The molecule has 1 heterocycles. The quantitative estimate of drug-likeness (QED) is 0.883. The second-order valence-electron chi connectivity index (χ2n) is 5.20. The number of sulfonamides is 1. The highest BCUT2D eigenvalue weighted by Crippen LogP contribution is 2.15. The predicted octanol–water partition coefficient (Wildman–Crippen LogP) is 1.67. The second kappa shape index (κ2) is 6.03. The summed E-state index contributed by atoms with van der Waals surface area (Å²) in [6.07, 6.45) is 2.53. The van der Waals surface area contributed by atoms with Crippen LogP contribution >= 0.6 is 0 Å². The molecule has 0 bridgehead atoms. The Balaban J connectivity index is 2.13. The van der Waals surface area contributed by atoms with Gasteiger partial charge >= 0.3 is 0 Å². The molecule has 4 nitrogen and oxygen atoms in total. The fourth-order valence-corrected chi connectivity index (χ4v) is 3.81. The fraction of sp³-hybridized carbons (Fsp3) is 0.571. The van der Waals surface area contributed by atoms with E-state index in [2.05, 4.69) is 17.0 Å². The van der Waals surface area contributed by atoms with Crippen LogP contribution in [0.4, 0.5) is 0 Å². The summed E-state index contributed by atoms with van der Waals surface area (Å²) < 4.78 is 27.5. The lowest BCUT2D eigenvalue weighted by Crippen LogP contribution is -2.46. The van der Waals surface area contributed by atoms with Gasteiger partial charge in [0, 0.05) is 12.1 Å². The van der Waals surface area contributed by atoms with E-state index in [0.29, 0.717) is 10.9 Å². The molecule has 0 aromatic heterocycles. The number of aryl methyl sites for hydroxylation is 1. The number of benzene rings is 1. The molecule has 0 radical (unpaired) electrons. The zero-order chi connectivity index (χ0) is 13.9. The van der Waals surface area contributed by atoms with Crippen LogP contribution in [0.1, 0.15) is 32.3 Å². The van der Waals surface area contributed by atoms with Crippen molar-refractivity contribution >= 4 is 10.0 Å². The Morgan fingerprint density at radius 3 is 2.89 bits per heavy atom. The zero-order valence-corrected chi connectivity index (χ0v) is 12.3. The summed E-state index contributed by atoms with van der Waals surface area (Å²) in [5, 5.41) is 3.32. The van der Waals surface area contributed by atoms with Crippen LogP contribution in [-0.2, 0) is 16.4 Å². The van der Waals surface area contributed by atoms with Crippen molar-refractivity contribution < 1.29 is 8.42 Å². The summed E-state index contributed by atoms with van der Waals surface area (Å²) in [4.78, 5) is 0.373. The first kappa shape index (κ1) is 14.5. The summed E-state index contributed by atoms with van der Waals surface area (Å²) in [5.41, 5.74) is 1.04. The van der Waals surface area contributed by atoms with Gasteiger partial charge in [-0.25, -0.2) is 13.1 Å². The fourth-order valence-electron chi connectivity index (χ4n) is 2.46. The maximum absolute atomic E-state index is 12.3. The van der Waals surface area contributed by atoms with Gasteiger partial charge in [-0.3, -0.25) is 0 Å². The second-order valence-corrected chi connectivity index (χ2v) is 6.91. The maximum Gasteiger partial charge on any atom is 0.240 e. The molecule has 1 aliphatic heterocycles. The lowest BCUT2D eigenvalue weighted by molar-refractivity contribution is 0.361. The van der Waals surface area contributed by atoms with E-state index in [0.717, 1.165) is 31.4 Å². The zero-order valence-electron chi connectivity index (χ0n) is 11.5. The van der Waals surface area contributed by atoms with Gasteiger partial charge in [0.2, 0.25) is 10.0 Å². The molecule has 0 aliphatic carbocycles. The Labute approximate surface area is 115 Å². The van der Waals surface area contributed by atoms with Crippen molar-refractivity contribution in [3.8, 4) is 0 Å². The molecule has 1 aromatic rings. The first-order chi connectivity index (χ1) is 9.01. The van der Waals surface area contributed by atoms with E-state index in [1.165, 1.54) is 0 Å². The third-order valence-corrected chi connectivity index (χ3v) is 5.08. The molecular weight excluding hydrogens is 260 g/mol. The Kier molecular flexibility index (Phi) is 4.60. The molecular formula is C14H22N2O2S. The van der Waals surface area contributed by atoms with E-state index < -0.39 is 10.0 Å². The van der Waals surface area contributed by atoms with Crippen molar-refractivity contribution in [1.29, 1.82) is 0 Å². The van der Waals surface area contributed by atoms with Gasteiger partial charge < -0.3 is 5.32 Å². The Bertz CT molecular complexity index is 528. The highest BCUT2D eigenvalue weighted by Gasteiger charge is 2.24. The number of hydrogen-bond acceptors (Lipinski definition) is 3. The predicted molar refractivity (Wildman–Crippen MR) is 76.6 cm³/mol. The van der Waals surface area contributed by atoms with Crippen LogP contribution in [0, 0.1) is 0 Å². The van der Waals surface area contributed by atoms with Crippen LogP contribution in [0.25, 0.3) is 0 Å². The van der Waals surface area contributed by atoms with Crippen LogP contribution in [0.5, 0.6) is 0 Å². The third-order valence-electron chi connectivity index (χ3n) is 3.56. The topological polar surface area (TPSA) is 58.2 Å². The molecule has 1 saturated heterocycles. The maximum atomic E-state index is 12.3. The number of piperidine rings is 1. The van der Waals surface area contributed by atoms with Gasteiger partial charge in [-0.2, -0.15) is 0 Å². The molecule has 2 N–H and O–H groups in total. The molecule has 2 rings (SSSR count). The van der Waals surface area contributed by atoms with Gasteiger partial charge in [0.15, 0.2) is 0 Å². The van der Waals surface area contributed by atoms with Gasteiger partial charge in [0.25, 0.3) is 0 Å². The molecule has 106 valence electrons. The molecule has 0 saturated carbocycles. The SMILES string of the molecule is CCc1cccc(S(=O)(=O)NC2CCNC(C)C2)c1. The van der Waals surface area contributed by atoms with Crippen LogP contribution in [-0.4, -0.2) is 27.0 Å². The number of hydrogen-bond donors (Lipinski definition) is 2. The number of nitrogens with one attached hydrogen (secondary N) is 2. The van der Waals surface area contributed by atoms with Crippen LogP contribution in [0.2, 0.25) is 0 Å². The molecule has 19 heavy (non-hydrogen) atoms. The molecule has 5 heteroatoms. The standard InChI is InChI=1S/C14H22N2O2S/c1-3-12-5-4-6-14(10-12)19(17,18)16-13-7-8-15-11(2)9-13/h4-6,10-11,13,15-16H,3,7-9H2,1-2H3. The van der Waals surface area contributed by atoms with Crippen molar-refractivity contribution in [2.24, 2.45) is 0 Å². The first-order valence-electron chi connectivity index (χ1n) is 6.86.